The molecule has 0 saturated heterocycles. The molecule has 1 N–H and O–H groups in total. The number of carbonyl (C=O) groups is 2. The van der Waals surface area contributed by atoms with E-state index < -0.39 is 11.4 Å². The molecule has 0 spiro atoms. The van der Waals surface area contributed by atoms with E-state index >= 15 is 0 Å². The number of nitrogens with zero attached hydrogens (tertiary/aromatic N) is 1. The molecule has 0 atom stereocenters. The molecule has 0 radical (unpaired) electrons. The summed E-state index contributed by atoms with van der Waals surface area (Å²) in [6.45, 7) is 3.87. The average molecular weight is 421 g/mol. The fourth-order valence-electron chi connectivity index (χ4n) is 4.12. The van der Waals surface area contributed by atoms with Gasteiger partial charge in [0.25, 0.3) is 0 Å². The number of hydrogen-bond acceptors (Lipinski definition) is 5. The van der Waals surface area contributed by atoms with Crippen LogP contribution in [0.25, 0.3) is 21.3 Å². The molecular formula is C23H19NO5S. The summed E-state index contributed by atoms with van der Waals surface area (Å²) in [4.78, 5) is 38.8. The van der Waals surface area contributed by atoms with Crippen molar-refractivity contribution in [2.24, 2.45) is 0 Å². The van der Waals surface area contributed by atoms with Crippen LogP contribution in [0.15, 0.2) is 41.3 Å². The summed E-state index contributed by atoms with van der Waals surface area (Å²) in [5.41, 5.74) is 1.96. The fraction of sp³-hybridized carbons (Fsp3) is 0.261. The molecule has 0 bridgehead atoms. The lowest BCUT2D eigenvalue weighted by Crippen LogP contribution is -2.19. The molecule has 0 unspecified atom stereocenters. The van der Waals surface area contributed by atoms with Crippen molar-refractivity contribution in [2.45, 2.75) is 31.7 Å². The quantitative estimate of drug-likeness (QED) is 0.629. The number of aryl methyl sites for hydroxylation is 1. The fourth-order valence-corrected chi connectivity index (χ4v) is 5.30. The maximum Gasteiger partial charge on any atom is 0.341 e. The molecule has 2 heterocycles. The Balaban J connectivity index is 1.79. The van der Waals surface area contributed by atoms with Crippen LogP contribution in [-0.4, -0.2) is 28.5 Å². The first-order valence-electron chi connectivity index (χ1n) is 9.75. The summed E-state index contributed by atoms with van der Waals surface area (Å²) in [7, 11) is 1.55. The van der Waals surface area contributed by atoms with Crippen LogP contribution in [-0.2, 0) is 6.42 Å². The van der Waals surface area contributed by atoms with Crippen molar-refractivity contribution in [3.8, 4) is 16.2 Å². The van der Waals surface area contributed by atoms with Crippen molar-refractivity contribution in [1.82, 2.24) is 4.57 Å². The highest BCUT2D eigenvalue weighted by atomic mass is 32.1. The summed E-state index contributed by atoms with van der Waals surface area (Å²) in [6.07, 6.45) is 4.74. The first kappa shape index (κ1) is 18.8. The highest BCUT2D eigenvalue weighted by Gasteiger charge is 2.30. The lowest BCUT2D eigenvalue weighted by atomic mass is 9.93. The zero-order valence-electron chi connectivity index (χ0n) is 16.4. The molecule has 7 heteroatoms. The third-order valence-electron chi connectivity index (χ3n) is 5.82. The summed E-state index contributed by atoms with van der Waals surface area (Å²) in [5, 5.41) is 9.80. The van der Waals surface area contributed by atoms with Crippen LogP contribution in [0.1, 0.15) is 50.9 Å². The van der Waals surface area contributed by atoms with Crippen molar-refractivity contribution in [3.63, 3.8) is 0 Å². The number of carboxylic acid groups (broad SMARTS) is 1. The Morgan fingerprint density at radius 1 is 1.23 bits per heavy atom. The zero-order valence-corrected chi connectivity index (χ0v) is 17.2. The number of fused-ring (bicyclic) bond motifs is 2. The van der Waals surface area contributed by atoms with Crippen LogP contribution in [0.2, 0.25) is 0 Å². The molecule has 5 rings (SSSR count). The molecule has 3 aromatic rings. The molecule has 2 aliphatic rings. The van der Waals surface area contributed by atoms with Crippen molar-refractivity contribution in [3.05, 3.63) is 62.8 Å². The van der Waals surface area contributed by atoms with Gasteiger partial charge in [-0.3, -0.25) is 9.59 Å². The van der Waals surface area contributed by atoms with Crippen molar-refractivity contribution < 1.29 is 19.4 Å². The van der Waals surface area contributed by atoms with Gasteiger partial charge in [0.1, 0.15) is 5.56 Å². The normalized spacial score (nSPS) is 16.0. The van der Waals surface area contributed by atoms with Crippen LogP contribution in [0.5, 0.6) is 5.75 Å². The molecule has 1 saturated carbocycles. The van der Waals surface area contributed by atoms with E-state index in [1.54, 1.807) is 30.6 Å². The van der Waals surface area contributed by atoms with Crippen LogP contribution in [0, 0.1) is 0 Å². The van der Waals surface area contributed by atoms with E-state index in [1.165, 1.54) is 6.20 Å². The van der Waals surface area contributed by atoms with Gasteiger partial charge in [-0.25, -0.2) is 4.79 Å². The van der Waals surface area contributed by atoms with Crippen molar-refractivity contribution in [2.75, 3.05) is 7.11 Å². The molecule has 30 heavy (non-hydrogen) atoms. The molecule has 1 fully saturated rings. The third kappa shape index (κ3) is 2.73. The van der Waals surface area contributed by atoms with E-state index in [4.69, 9.17) is 4.74 Å². The Hall–Kier alpha value is -3.19. The lowest BCUT2D eigenvalue weighted by molar-refractivity contribution is 0.0694. The molecule has 1 aromatic carbocycles. The van der Waals surface area contributed by atoms with E-state index in [1.807, 2.05) is 10.6 Å². The maximum atomic E-state index is 12.8. The van der Waals surface area contributed by atoms with Gasteiger partial charge < -0.3 is 14.4 Å². The Morgan fingerprint density at radius 3 is 2.67 bits per heavy atom. The van der Waals surface area contributed by atoms with Gasteiger partial charge in [-0.2, -0.15) is 0 Å². The van der Waals surface area contributed by atoms with E-state index in [-0.39, 0.29) is 17.4 Å². The van der Waals surface area contributed by atoms with Gasteiger partial charge >= 0.3 is 5.97 Å². The number of pyridine rings is 1. The number of ketones is 1. The predicted molar refractivity (Wildman–Crippen MR) is 115 cm³/mol. The Kier molecular flexibility index (Phi) is 4.18. The number of benzene rings is 1. The minimum absolute atomic E-state index is 0.0144. The lowest BCUT2D eigenvalue weighted by Gasteiger charge is -2.17. The SMILES string of the molecule is C=C1CCc2sc(-c3ccc4c(=O)c(C(=O)O)cn(C5CC5)c4c3OC)cc2C1=O. The van der Waals surface area contributed by atoms with Gasteiger partial charge in [-0.1, -0.05) is 6.58 Å². The summed E-state index contributed by atoms with van der Waals surface area (Å²) in [5.74, 6) is -0.721. The molecule has 2 aliphatic carbocycles. The standard InChI is InChI=1S/C23H19NO5S/c1-11-3-8-17-15(20(11)25)9-18(30-17)13-6-7-14-19(22(13)29-2)24(12-4-5-12)10-16(21(14)26)23(27)28/h6-7,9-10,12H,1,3-5,8H2,2H3,(H,27,28). The Labute approximate surface area is 176 Å². The monoisotopic (exact) mass is 421 g/mol. The average Bonchev–Trinajstić information content (AvgIpc) is 3.48. The minimum Gasteiger partial charge on any atom is -0.494 e. The second kappa shape index (κ2) is 6.67. The van der Waals surface area contributed by atoms with Crippen molar-refractivity contribution >= 4 is 34.0 Å². The molecule has 0 amide bonds. The molecule has 152 valence electrons. The number of carbonyl (C=O) groups excluding carboxylic acids is 1. The Morgan fingerprint density at radius 2 is 2.00 bits per heavy atom. The van der Waals surface area contributed by atoms with Gasteiger partial charge in [0.15, 0.2) is 11.5 Å². The van der Waals surface area contributed by atoms with Crippen LogP contribution >= 0.6 is 11.3 Å². The number of hydrogen-bond donors (Lipinski definition) is 1. The van der Waals surface area contributed by atoms with E-state index in [0.29, 0.717) is 34.2 Å². The van der Waals surface area contributed by atoms with E-state index in [9.17, 15) is 19.5 Å². The summed E-state index contributed by atoms with van der Waals surface area (Å²) >= 11 is 1.55. The van der Waals surface area contributed by atoms with Crippen LogP contribution < -0.4 is 10.2 Å². The number of ether oxygens (including phenoxy) is 1. The first-order valence-corrected chi connectivity index (χ1v) is 10.6. The third-order valence-corrected chi connectivity index (χ3v) is 7.04. The van der Waals surface area contributed by atoms with Crippen molar-refractivity contribution in [1.29, 1.82) is 0 Å². The zero-order chi connectivity index (χ0) is 21.2. The predicted octanol–water partition coefficient (Wildman–Crippen LogP) is 4.46. The second-order valence-corrected chi connectivity index (χ2v) is 8.87. The molecule has 2 aromatic heterocycles. The van der Waals surface area contributed by atoms with E-state index in [0.717, 1.165) is 34.6 Å². The minimum atomic E-state index is -1.23. The van der Waals surface area contributed by atoms with Gasteiger partial charge in [-0.05, 0) is 49.5 Å². The highest BCUT2D eigenvalue weighted by molar-refractivity contribution is 7.16. The molecule has 6 nitrogen and oxygen atoms in total. The number of thiophene rings is 1. The number of aromatic nitrogens is 1. The number of rotatable bonds is 4. The largest absolute Gasteiger partial charge is 0.494 e. The highest BCUT2D eigenvalue weighted by Crippen LogP contribution is 2.45. The maximum absolute atomic E-state index is 12.8. The molecular weight excluding hydrogens is 402 g/mol. The number of Topliss-reactive ketones (excluding diaryl/α,β-unsaturated/α-hetero) is 1. The first-order chi connectivity index (χ1) is 14.4. The summed E-state index contributed by atoms with van der Waals surface area (Å²) < 4.78 is 7.63. The van der Waals surface area contributed by atoms with Crippen LogP contribution in [0.4, 0.5) is 0 Å². The number of methoxy groups -OCH3 is 1. The second-order valence-electron chi connectivity index (χ2n) is 7.74. The van der Waals surface area contributed by atoms with Gasteiger partial charge in [0, 0.05) is 33.1 Å². The number of allylic oxidation sites excluding steroid dienone is 1. The Bertz CT molecular complexity index is 1330. The van der Waals surface area contributed by atoms with Gasteiger partial charge in [-0.15, -0.1) is 11.3 Å². The summed E-state index contributed by atoms with van der Waals surface area (Å²) in [6, 6.07) is 5.47. The van der Waals surface area contributed by atoms with E-state index in [2.05, 4.69) is 6.58 Å². The van der Waals surface area contributed by atoms with Gasteiger partial charge in [0.05, 0.1) is 18.0 Å². The van der Waals surface area contributed by atoms with Crippen LogP contribution in [0.3, 0.4) is 0 Å². The smallest absolute Gasteiger partial charge is 0.341 e. The van der Waals surface area contributed by atoms with Gasteiger partial charge in [0.2, 0.25) is 5.43 Å². The number of carboxylic acids is 1. The molecule has 0 aliphatic heterocycles. The topological polar surface area (TPSA) is 85.6 Å². The number of aromatic carboxylic acids is 1.